The van der Waals surface area contributed by atoms with Gasteiger partial charge in [0.2, 0.25) is 11.8 Å². The molecule has 1 aliphatic rings. The summed E-state index contributed by atoms with van der Waals surface area (Å²) in [4.78, 5) is 29.6. The molecule has 9 heteroatoms. The van der Waals surface area contributed by atoms with Gasteiger partial charge in [0.1, 0.15) is 5.75 Å². The highest BCUT2D eigenvalue weighted by Gasteiger charge is 2.31. The van der Waals surface area contributed by atoms with Gasteiger partial charge in [-0.25, -0.2) is 0 Å². The second kappa shape index (κ2) is 12.9. The Labute approximate surface area is 242 Å². The van der Waals surface area contributed by atoms with Crippen LogP contribution in [0.5, 0.6) is 5.75 Å². The number of carbonyl (C=O) groups excluding carboxylic acids is 2. The van der Waals surface area contributed by atoms with Crippen LogP contribution in [-0.4, -0.2) is 74.9 Å². The maximum Gasteiger partial charge on any atom is 0.223 e. The van der Waals surface area contributed by atoms with Crippen LogP contribution in [-0.2, 0) is 9.59 Å². The molecule has 0 spiro atoms. The molecular formula is C31H41N5O3S. The van der Waals surface area contributed by atoms with E-state index in [9.17, 15) is 9.59 Å². The number of rotatable bonds is 9. The van der Waals surface area contributed by atoms with E-state index >= 15 is 0 Å². The molecule has 214 valence electrons. The van der Waals surface area contributed by atoms with Crippen molar-refractivity contribution < 1.29 is 14.3 Å². The van der Waals surface area contributed by atoms with E-state index in [2.05, 4.69) is 66.7 Å². The van der Waals surface area contributed by atoms with E-state index in [0.717, 1.165) is 40.2 Å². The molecule has 3 aromatic rings. The molecule has 0 aliphatic carbocycles. The van der Waals surface area contributed by atoms with Crippen molar-refractivity contribution in [3.63, 3.8) is 0 Å². The number of carbonyl (C=O) groups is 2. The third-order valence-corrected chi connectivity index (χ3v) is 8.02. The largest absolute Gasteiger partial charge is 0.497 e. The first-order valence-corrected chi connectivity index (χ1v) is 14.9. The normalized spacial score (nSPS) is 15.8. The van der Waals surface area contributed by atoms with Crippen molar-refractivity contribution in [3.8, 4) is 22.8 Å². The lowest BCUT2D eigenvalue weighted by Gasteiger charge is -2.41. The van der Waals surface area contributed by atoms with E-state index in [1.165, 1.54) is 5.56 Å². The Hall–Kier alpha value is -3.33. The first kappa shape index (κ1) is 29.6. The van der Waals surface area contributed by atoms with Crippen molar-refractivity contribution in [2.24, 2.45) is 5.41 Å². The Kier molecular flexibility index (Phi) is 9.56. The van der Waals surface area contributed by atoms with Crippen LogP contribution in [0.3, 0.4) is 0 Å². The van der Waals surface area contributed by atoms with Crippen LogP contribution in [0.4, 0.5) is 0 Å². The molecule has 1 aliphatic heterocycles. The average Bonchev–Trinajstić information content (AvgIpc) is 3.34. The standard InChI is InChI=1S/C31H41N5O3S/c1-22-12-14-25(15-13-22)36-29(24-9-7-10-26(19-24)39-6)32-33-30(36)40-18-8-11-27(37)34-16-17-35(23(2)21-34)28(38)20-31(3,4)5/h7,9-10,12-15,19,23H,8,11,16-18,20-21H2,1-6H3. The molecule has 1 atom stereocenters. The number of hydrogen-bond acceptors (Lipinski definition) is 6. The third kappa shape index (κ3) is 7.44. The lowest BCUT2D eigenvalue weighted by atomic mass is 9.91. The fraction of sp³-hybridized carbons (Fsp3) is 0.484. The van der Waals surface area contributed by atoms with Crippen LogP contribution < -0.4 is 4.74 Å². The van der Waals surface area contributed by atoms with Crippen molar-refractivity contribution in [1.82, 2.24) is 24.6 Å². The van der Waals surface area contributed by atoms with E-state index in [1.54, 1.807) is 18.9 Å². The molecule has 2 aromatic carbocycles. The van der Waals surface area contributed by atoms with Crippen LogP contribution in [0.1, 0.15) is 52.5 Å². The highest BCUT2D eigenvalue weighted by atomic mass is 32.2. The number of nitrogens with zero attached hydrogens (tertiary/aromatic N) is 5. The zero-order chi connectivity index (χ0) is 28.9. The maximum absolute atomic E-state index is 13.0. The zero-order valence-electron chi connectivity index (χ0n) is 24.5. The Morgan fingerprint density at radius 1 is 1.05 bits per heavy atom. The quantitative estimate of drug-likeness (QED) is 0.248. The first-order chi connectivity index (χ1) is 19.1. The van der Waals surface area contributed by atoms with Crippen molar-refractivity contribution in [3.05, 3.63) is 54.1 Å². The van der Waals surface area contributed by atoms with Crippen LogP contribution in [0.2, 0.25) is 0 Å². The number of aromatic nitrogens is 3. The Bertz CT molecular complexity index is 1320. The van der Waals surface area contributed by atoms with E-state index < -0.39 is 0 Å². The molecule has 8 nitrogen and oxygen atoms in total. The van der Waals surface area contributed by atoms with Gasteiger partial charge in [0.15, 0.2) is 11.0 Å². The maximum atomic E-state index is 13.0. The molecule has 1 unspecified atom stereocenters. The molecule has 1 aromatic heterocycles. The Morgan fingerprint density at radius 3 is 2.48 bits per heavy atom. The second-order valence-corrected chi connectivity index (χ2v) is 12.7. The average molecular weight is 564 g/mol. The van der Waals surface area contributed by atoms with E-state index in [0.29, 0.717) is 32.5 Å². The smallest absolute Gasteiger partial charge is 0.223 e. The van der Waals surface area contributed by atoms with Crippen molar-refractivity contribution in [2.75, 3.05) is 32.5 Å². The number of benzene rings is 2. The summed E-state index contributed by atoms with van der Waals surface area (Å²) < 4.78 is 7.49. The summed E-state index contributed by atoms with van der Waals surface area (Å²) in [6.07, 6.45) is 1.72. The molecule has 0 saturated carbocycles. The van der Waals surface area contributed by atoms with Gasteiger partial charge in [-0.3, -0.25) is 14.2 Å². The molecule has 0 N–H and O–H groups in total. The molecule has 0 radical (unpaired) electrons. The number of piperazine rings is 1. The van der Waals surface area contributed by atoms with Crippen molar-refractivity contribution >= 4 is 23.6 Å². The van der Waals surface area contributed by atoms with Crippen molar-refractivity contribution in [1.29, 1.82) is 0 Å². The number of amides is 2. The fourth-order valence-electron chi connectivity index (χ4n) is 4.89. The van der Waals surface area contributed by atoms with Gasteiger partial charge in [0, 0.05) is 55.5 Å². The monoisotopic (exact) mass is 563 g/mol. The van der Waals surface area contributed by atoms with Gasteiger partial charge in [0.25, 0.3) is 0 Å². The predicted molar refractivity (Wildman–Crippen MR) is 160 cm³/mol. The van der Waals surface area contributed by atoms with Gasteiger partial charge in [0.05, 0.1) is 7.11 Å². The molecule has 40 heavy (non-hydrogen) atoms. The summed E-state index contributed by atoms with van der Waals surface area (Å²) >= 11 is 1.60. The lowest BCUT2D eigenvalue weighted by molar-refractivity contribution is -0.143. The SMILES string of the molecule is COc1cccc(-c2nnc(SCCCC(=O)N3CCN(C(=O)CC(C)(C)C)C(C)C3)n2-c2ccc(C)cc2)c1. The van der Waals surface area contributed by atoms with Crippen LogP contribution >= 0.6 is 11.8 Å². The molecule has 1 fully saturated rings. The lowest BCUT2D eigenvalue weighted by Crippen LogP contribution is -2.55. The predicted octanol–water partition coefficient (Wildman–Crippen LogP) is 5.62. The number of thioether (sulfide) groups is 1. The van der Waals surface area contributed by atoms with Gasteiger partial charge in [-0.15, -0.1) is 10.2 Å². The molecule has 4 rings (SSSR count). The van der Waals surface area contributed by atoms with Crippen LogP contribution in [0.25, 0.3) is 17.1 Å². The molecule has 2 amide bonds. The molecular weight excluding hydrogens is 522 g/mol. The minimum atomic E-state index is -0.0418. The van der Waals surface area contributed by atoms with Crippen LogP contribution in [0, 0.1) is 12.3 Å². The number of hydrogen-bond donors (Lipinski definition) is 0. The fourth-order valence-corrected chi connectivity index (χ4v) is 5.78. The molecule has 2 heterocycles. The van der Waals surface area contributed by atoms with E-state index in [1.807, 2.05) is 41.0 Å². The summed E-state index contributed by atoms with van der Waals surface area (Å²) in [7, 11) is 1.65. The van der Waals surface area contributed by atoms with Gasteiger partial charge >= 0.3 is 0 Å². The highest BCUT2D eigenvalue weighted by Crippen LogP contribution is 2.30. The summed E-state index contributed by atoms with van der Waals surface area (Å²) in [5, 5.41) is 9.83. The summed E-state index contributed by atoms with van der Waals surface area (Å²) in [5.74, 6) is 2.57. The molecule has 0 bridgehead atoms. The van der Waals surface area contributed by atoms with Gasteiger partial charge < -0.3 is 14.5 Å². The number of methoxy groups -OCH3 is 1. The van der Waals surface area contributed by atoms with E-state index in [4.69, 9.17) is 4.74 Å². The van der Waals surface area contributed by atoms with Gasteiger partial charge in [-0.1, -0.05) is 62.4 Å². The zero-order valence-corrected chi connectivity index (χ0v) is 25.3. The van der Waals surface area contributed by atoms with Crippen LogP contribution in [0.15, 0.2) is 53.7 Å². The number of aryl methyl sites for hydroxylation is 1. The van der Waals surface area contributed by atoms with E-state index in [-0.39, 0.29) is 23.3 Å². The first-order valence-electron chi connectivity index (χ1n) is 13.9. The minimum Gasteiger partial charge on any atom is -0.497 e. The topological polar surface area (TPSA) is 80.6 Å². The molecule has 1 saturated heterocycles. The highest BCUT2D eigenvalue weighted by molar-refractivity contribution is 7.99. The van der Waals surface area contributed by atoms with Gasteiger partial charge in [-0.2, -0.15) is 0 Å². The Morgan fingerprint density at radius 2 is 1.80 bits per heavy atom. The van der Waals surface area contributed by atoms with Crippen molar-refractivity contribution in [2.45, 2.75) is 65.1 Å². The number of ether oxygens (including phenoxy) is 1. The van der Waals surface area contributed by atoms with Gasteiger partial charge in [-0.05, 0) is 49.9 Å². The summed E-state index contributed by atoms with van der Waals surface area (Å²) in [6.45, 7) is 12.1. The Balaban J connectivity index is 1.37. The summed E-state index contributed by atoms with van der Waals surface area (Å²) in [6, 6.07) is 16.2. The second-order valence-electron chi connectivity index (χ2n) is 11.7. The third-order valence-electron chi connectivity index (χ3n) is 7.00. The summed E-state index contributed by atoms with van der Waals surface area (Å²) in [5.41, 5.74) is 3.05. The minimum absolute atomic E-state index is 0.0324.